The summed E-state index contributed by atoms with van der Waals surface area (Å²) in [5.74, 6) is -0.158. The summed E-state index contributed by atoms with van der Waals surface area (Å²) in [6.45, 7) is 2.96. The summed E-state index contributed by atoms with van der Waals surface area (Å²) in [7, 11) is 0. The van der Waals surface area contributed by atoms with Crippen LogP contribution < -0.4 is 10.1 Å². The highest BCUT2D eigenvalue weighted by Crippen LogP contribution is 2.26. The van der Waals surface area contributed by atoms with Gasteiger partial charge in [-0.25, -0.2) is 0 Å². The Bertz CT molecular complexity index is 566. The van der Waals surface area contributed by atoms with Crippen LogP contribution in [0, 0.1) is 6.92 Å². The van der Waals surface area contributed by atoms with Crippen LogP contribution in [-0.2, 0) is 13.1 Å². The number of nitrogens with one attached hydrogen (secondary N) is 1. The SMILES string of the molecule is Cc1ccc(CNCc2ccccc2OC(F)(F)F)s1. The number of thiophene rings is 1. The third kappa shape index (κ3) is 4.54. The van der Waals surface area contributed by atoms with Crippen LogP contribution in [-0.4, -0.2) is 6.36 Å². The summed E-state index contributed by atoms with van der Waals surface area (Å²) in [6.07, 6.45) is -4.67. The van der Waals surface area contributed by atoms with Crippen molar-refractivity contribution in [2.75, 3.05) is 0 Å². The molecule has 0 aliphatic carbocycles. The summed E-state index contributed by atoms with van der Waals surface area (Å²) in [4.78, 5) is 2.36. The first-order chi connectivity index (χ1) is 9.44. The van der Waals surface area contributed by atoms with E-state index in [1.807, 2.05) is 19.1 Å². The maximum Gasteiger partial charge on any atom is 0.573 e. The molecule has 1 N–H and O–H groups in total. The molecule has 1 aromatic heterocycles. The van der Waals surface area contributed by atoms with E-state index < -0.39 is 6.36 Å². The normalized spacial score (nSPS) is 11.6. The minimum atomic E-state index is -4.67. The molecule has 0 aliphatic rings. The largest absolute Gasteiger partial charge is 0.573 e. The van der Waals surface area contributed by atoms with Gasteiger partial charge in [0.05, 0.1) is 0 Å². The molecule has 1 aromatic carbocycles. The topological polar surface area (TPSA) is 21.3 Å². The first-order valence-corrected chi connectivity index (χ1v) is 6.85. The van der Waals surface area contributed by atoms with Crippen molar-refractivity contribution >= 4 is 11.3 Å². The van der Waals surface area contributed by atoms with Crippen LogP contribution in [0.5, 0.6) is 5.75 Å². The molecule has 0 atom stereocenters. The molecule has 0 aliphatic heterocycles. The van der Waals surface area contributed by atoms with Gasteiger partial charge in [-0.05, 0) is 25.1 Å². The van der Waals surface area contributed by atoms with Crippen LogP contribution in [0.3, 0.4) is 0 Å². The van der Waals surface area contributed by atoms with Crippen LogP contribution in [0.1, 0.15) is 15.3 Å². The van der Waals surface area contributed by atoms with Gasteiger partial charge in [-0.15, -0.1) is 24.5 Å². The quantitative estimate of drug-likeness (QED) is 0.891. The zero-order valence-electron chi connectivity index (χ0n) is 10.8. The van der Waals surface area contributed by atoms with Crippen molar-refractivity contribution in [2.45, 2.75) is 26.4 Å². The lowest BCUT2D eigenvalue weighted by Crippen LogP contribution is -2.19. The molecule has 0 spiro atoms. The molecule has 0 saturated heterocycles. The first-order valence-electron chi connectivity index (χ1n) is 6.04. The summed E-state index contributed by atoms with van der Waals surface area (Å²) in [6, 6.07) is 10.2. The fourth-order valence-corrected chi connectivity index (χ4v) is 2.63. The summed E-state index contributed by atoms with van der Waals surface area (Å²) >= 11 is 1.66. The molecule has 2 rings (SSSR count). The zero-order valence-corrected chi connectivity index (χ0v) is 11.6. The Labute approximate surface area is 119 Å². The Morgan fingerprint density at radius 2 is 1.85 bits per heavy atom. The van der Waals surface area contributed by atoms with Gasteiger partial charge in [0.25, 0.3) is 0 Å². The molecule has 20 heavy (non-hydrogen) atoms. The summed E-state index contributed by atoms with van der Waals surface area (Å²) in [5.41, 5.74) is 0.484. The van der Waals surface area contributed by atoms with Gasteiger partial charge in [-0.2, -0.15) is 0 Å². The average molecular weight is 301 g/mol. The van der Waals surface area contributed by atoms with Gasteiger partial charge in [0.2, 0.25) is 0 Å². The maximum absolute atomic E-state index is 12.3. The predicted molar refractivity (Wildman–Crippen MR) is 72.7 cm³/mol. The number of alkyl halides is 3. The highest BCUT2D eigenvalue weighted by atomic mass is 32.1. The van der Waals surface area contributed by atoms with Crippen LogP contribution in [0.4, 0.5) is 13.2 Å². The Morgan fingerprint density at radius 3 is 2.50 bits per heavy atom. The van der Waals surface area contributed by atoms with Gasteiger partial charge in [-0.3, -0.25) is 0 Å². The van der Waals surface area contributed by atoms with Crippen LogP contribution >= 0.6 is 11.3 Å². The number of halogens is 3. The molecule has 0 radical (unpaired) electrons. The minimum absolute atomic E-state index is 0.158. The van der Waals surface area contributed by atoms with Crippen LogP contribution in [0.15, 0.2) is 36.4 Å². The third-order valence-corrected chi connectivity index (χ3v) is 3.61. The summed E-state index contributed by atoms with van der Waals surface area (Å²) in [5, 5.41) is 3.12. The average Bonchev–Trinajstić information content (AvgIpc) is 2.75. The number of hydrogen-bond acceptors (Lipinski definition) is 3. The van der Waals surface area contributed by atoms with Crippen molar-refractivity contribution in [3.63, 3.8) is 0 Å². The van der Waals surface area contributed by atoms with E-state index in [4.69, 9.17) is 0 Å². The van der Waals surface area contributed by atoms with E-state index in [9.17, 15) is 13.2 Å². The molecular weight excluding hydrogens is 287 g/mol. The second kappa shape index (κ2) is 6.28. The van der Waals surface area contributed by atoms with Crippen molar-refractivity contribution in [3.05, 3.63) is 51.7 Å². The van der Waals surface area contributed by atoms with Gasteiger partial charge < -0.3 is 10.1 Å². The van der Waals surface area contributed by atoms with E-state index in [-0.39, 0.29) is 5.75 Å². The van der Waals surface area contributed by atoms with Gasteiger partial charge in [0.1, 0.15) is 5.75 Å². The van der Waals surface area contributed by atoms with Gasteiger partial charge in [0.15, 0.2) is 0 Å². The van der Waals surface area contributed by atoms with Gasteiger partial charge in [0, 0.05) is 28.4 Å². The van der Waals surface area contributed by atoms with E-state index in [0.29, 0.717) is 18.7 Å². The molecule has 0 amide bonds. The van der Waals surface area contributed by atoms with Gasteiger partial charge in [-0.1, -0.05) is 18.2 Å². The lowest BCUT2D eigenvalue weighted by molar-refractivity contribution is -0.274. The number of para-hydroxylation sites is 1. The lowest BCUT2D eigenvalue weighted by atomic mass is 10.2. The molecule has 0 fully saturated rings. The van der Waals surface area contributed by atoms with Crippen molar-refractivity contribution in [1.82, 2.24) is 5.32 Å². The van der Waals surface area contributed by atoms with Crippen molar-refractivity contribution in [1.29, 1.82) is 0 Å². The molecule has 0 unspecified atom stereocenters. The standard InChI is InChI=1S/C14H14F3NOS/c1-10-6-7-12(20-10)9-18-8-11-4-2-3-5-13(11)19-14(15,16)17/h2-7,18H,8-9H2,1H3. The number of rotatable bonds is 5. The van der Waals surface area contributed by atoms with E-state index >= 15 is 0 Å². The molecule has 6 heteroatoms. The monoisotopic (exact) mass is 301 g/mol. The van der Waals surface area contributed by atoms with Crippen LogP contribution in [0.25, 0.3) is 0 Å². The molecular formula is C14H14F3NOS. The van der Waals surface area contributed by atoms with Gasteiger partial charge >= 0.3 is 6.36 Å². The number of hydrogen-bond donors (Lipinski definition) is 1. The fraction of sp³-hybridized carbons (Fsp3) is 0.286. The maximum atomic E-state index is 12.3. The first kappa shape index (κ1) is 14.9. The van der Waals surface area contributed by atoms with Crippen LogP contribution in [0.2, 0.25) is 0 Å². The number of benzene rings is 1. The molecule has 1 heterocycles. The third-order valence-electron chi connectivity index (χ3n) is 2.61. The molecule has 0 bridgehead atoms. The Morgan fingerprint density at radius 1 is 1.10 bits per heavy atom. The Balaban J connectivity index is 1.95. The summed E-state index contributed by atoms with van der Waals surface area (Å²) < 4.78 is 40.8. The van der Waals surface area contributed by atoms with Crippen molar-refractivity contribution in [2.24, 2.45) is 0 Å². The Hall–Kier alpha value is -1.53. The zero-order chi connectivity index (χ0) is 14.6. The molecule has 108 valence electrons. The second-order valence-corrected chi connectivity index (χ2v) is 5.64. The van der Waals surface area contributed by atoms with E-state index in [0.717, 1.165) is 4.88 Å². The molecule has 2 aromatic rings. The molecule has 2 nitrogen and oxygen atoms in total. The number of aryl methyl sites for hydroxylation is 1. The fourth-order valence-electron chi connectivity index (χ4n) is 1.77. The Kier molecular flexibility index (Phi) is 4.67. The highest BCUT2D eigenvalue weighted by molar-refractivity contribution is 7.11. The lowest BCUT2D eigenvalue weighted by Gasteiger charge is -2.13. The highest BCUT2D eigenvalue weighted by Gasteiger charge is 2.31. The molecule has 0 saturated carbocycles. The smallest absolute Gasteiger partial charge is 0.405 e. The van der Waals surface area contributed by atoms with E-state index in [1.54, 1.807) is 23.5 Å². The second-order valence-electron chi connectivity index (χ2n) is 4.27. The van der Waals surface area contributed by atoms with E-state index in [2.05, 4.69) is 10.1 Å². The minimum Gasteiger partial charge on any atom is -0.405 e. The number of ether oxygens (including phenoxy) is 1. The predicted octanol–water partition coefficient (Wildman–Crippen LogP) is 4.24. The van der Waals surface area contributed by atoms with E-state index in [1.165, 1.54) is 17.0 Å². The van der Waals surface area contributed by atoms with Crippen molar-refractivity contribution in [3.8, 4) is 5.75 Å². The van der Waals surface area contributed by atoms with Crippen molar-refractivity contribution < 1.29 is 17.9 Å².